The van der Waals surface area contributed by atoms with Crippen LogP contribution in [-0.2, 0) is 5.41 Å². The molecule has 3 N–H and O–H groups in total. The van der Waals surface area contributed by atoms with Crippen molar-refractivity contribution in [2.24, 2.45) is 0 Å². The van der Waals surface area contributed by atoms with Crippen LogP contribution in [0.2, 0.25) is 0 Å². The van der Waals surface area contributed by atoms with Gasteiger partial charge >= 0.3 is 0 Å². The van der Waals surface area contributed by atoms with Gasteiger partial charge in [0.2, 0.25) is 0 Å². The summed E-state index contributed by atoms with van der Waals surface area (Å²) in [7, 11) is 0. The highest BCUT2D eigenvalue weighted by atomic mass is 35.5. The highest BCUT2D eigenvalue weighted by Gasteiger charge is 2.13. The Labute approximate surface area is 108 Å². The number of H-pyrrole nitrogens is 1. The molecule has 0 atom stereocenters. The molecule has 0 spiro atoms. The number of anilines is 1. The third-order valence-electron chi connectivity index (χ3n) is 2.66. The van der Waals surface area contributed by atoms with Gasteiger partial charge in [0.05, 0.1) is 11.9 Å². The van der Waals surface area contributed by atoms with Crippen LogP contribution in [0.4, 0.5) is 5.95 Å². The number of nitrogens with two attached hydrogens (primary N) is 1. The number of nitrogens with one attached hydrogen (secondary N) is 1. The molecule has 1 aromatic heterocycles. The first-order valence-corrected chi connectivity index (χ1v) is 5.38. The molecular weight excluding hydrogens is 234 g/mol. The molecule has 0 aliphatic heterocycles. The number of rotatable bonds is 1. The van der Waals surface area contributed by atoms with Gasteiger partial charge in [-0.15, -0.1) is 12.4 Å². The average molecular weight is 252 g/mol. The number of aromatic amines is 1. The van der Waals surface area contributed by atoms with Gasteiger partial charge in [0.1, 0.15) is 0 Å². The molecular formula is C13H18ClN3. The molecule has 17 heavy (non-hydrogen) atoms. The molecule has 0 radical (unpaired) electrons. The summed E-state index contributed by atoms with van der Waals surface area (Å²) in [5.41, 5.74) is 9.12. The summed E-state index contributed by atoms with van der Waals surface area (Å²) in [6.45, 7) is 6.61. The van der Waals surface area contributed by atoms with Crippen molar-refractivity contribution in [2.75, 3.05) is 5.73 Å². The number of halogens is 1. The predicted octanol–water partition coefficient (Wildman–Crippen LogP) is 3.38. The summed E-state index contributed by atoms with van der Waals surface area (Å²) in [5, 5.41) is 0. The molecule has 0 bridgehead atoms. The minimum Gasteiger partial charge on any atom is -0.369 e. The molecule has 0 saturated carbocycles. The van der Waals surface area contributed by atoms with Crippen LogP contribution in [0, 0.1) is 0 Å². The van der Waals surface area contributed by atoms with E-state index >= 15 is 0 Å². The summed E-state index contributed by atoms with van der Waals surface area (Å²) in [6, 6.07) is 8.47. The van der Waals surface area contributed by atoms with Crippen molar-refractivity contribution in [3.05, 3.63) is 36.0 Å². The van der Waals surface area contributed by atoms with Gasteiger partial charge in [0, 0.05) is 0 Å². The molecule has 2 rings (SSSR count). The molecule has 2 aromatic rings. The number of imidazole rings is 1. The summed E-state index contributed by atoms with van der Waals surface area (Å²) in [4.78, 5) is 7.00. The molecule has 3 nitrogen and oxygen atoms in total. The Bertz CT molecular complexity index is 480. The maximum atomic E-state index is 5.55. The van der Waals surface area contributed by atoms with Crippen molar-refractivity contribution in [1.29, 1.82) is 0 Å². The Morgan fingerprint density at radius 1 is 1.12 bits per heavy atom. The third kappa shape index (κ3) is 3.01. The first-order valence-electron chi connectivity index (χ1n) is 5.38. The summed E-state index contributed by atoms with van der Waals surface area (Å²) < 4.78 is 0. The Balaban J connectivity index is 0.00000144. The van der Waals surface area contributed by atoms with E-state index in [2.05, 4.69) is 55.0 Å². The van der Waals surface area contributed by atoms with E-state index in [0.717, 1.165) is 11.3 Å². The maximum Gasteiger partial charge on any atom is 0.197 e. The lowest BCUT2D eigenvalue weighted by Gasteiger charge is -2.18. The molecule has 0 aliphatic rings. The van der Waals surface area contributed by atoms with Crippen LogP contribution in [0.3, 0.4) is 0 Å². The van der Waals surface area contributed by atoms with Gasteiger partial charge in [0.15, 0.2) is 5.95 Å². The third-order valence-corrected chi connectivity index (χ3v) is 2.66. The second-order valence-electron chi connectivity index (χ2n) is 5.01. The molecule has 0 fully saturated rings. The molecule has 92 valence electrons. The Kier molecular flexibility index (Phi) is 3.83. The zero-order chi connectivity index (χ0) is 11.8. The van der Waals surface area contributed by atoms with E-state index in [4.69, 9.17) is 5.73 Å². The Hall–Kier alpha value is -1.48. The summed E-state index contributed by atoms with van der Waals surface area (Å²) in [5.74, 6) is 0.454. The molecule has 4 heteroatoms. The Morgan fingerprint density at radius 3 is 2.12 bits per heavy atom. The van der Waals surface area contributed by atoms with E-state index in [9.17, 15) is 0 Å². The van der Waals surface area contributed by atoms with Gasteiger partial charge in [-0.25, -0.2) is 4.98 Å². The van der Waals surface area contributed by atoms with Crippen molar-refractivity contribution in [3.63, 3.8) is 0 Å². The van der Waals surface area contributed by atoms with E-state index in [1.165, 1.54) is 5.56 Å². The highest BCUT2D eigenvalue weighted by Crippen LogP contribution is 2.25. The monoisotopic (exact) mass is 251 g/mol. The molecule has 0 amide bonds. The predicted molar refractivity (Wildman–Crippen MR) is 74.4 cm³/mol. The van der Waals surface area contributed by atoms with Crippen LogP contribution in [0.15, 0.2) is 30.5 Å². The van der Waals surface area contributed by atoms with Crippen molar-refractivity contribution < 1.29 is 0 Å². The van der Waals surface area contributed by atoms with E-state index in [-0.39, 0.29) is 17.8 Å². The van der Waals surface area contributed by atoms with Crippen LogP contribution in [0.5, 0.6) is 0 Å². The van der Waals surface area contributed by atoms with Gasteiger partial charge in [-0.3, -0.25) is 0 Å². The van der Waals surface area contributed by atoms with Crippen LogP contribution >= 0.6 is 12.4 Å². The summed E-state index contributed by atoms with van der Waals surface area (Å²) in [6.07, 6.45) is 1.75. The number of nitrogen functional groups attached to an aromatic ring is 1. The number of nitrogens with zero attached hydrogens (tertiary/aromatic N) is 1. The van der Waals surface area contributed by atoms with Crippen LogP contribution < -0.4 is 5.73 Å². The topological polar surface area (TPSA) is 54.7 Å². The normalized spacial score (nSPS) is 11.0. The molecule has 0 unspecified atom stereocenters. The van der Waals surface area contributed by atoms with Gasteiger partial charge in [-0.05, 0) is 16.5 Å². The zero-order valence-electron chi connectivity index (χ0n) is 10.3. The number of benzene rings is 1. The second-order valence-corrected chi connectivity index (χ2v) is 5.01. The number of hydrogen-bond acceptors (Lipinski definition) is 2. The minimum atomic E-state index is 0. The fourth-order valence-electron chi connectivity index (χ4n) is 1.63. The lowest BCUT2D eigenvalue weighted by atomic mass is 9.86. The largest absolute Gasteiger partial charge is 0.369 e. The van der Waals surface area contributed by atoms with E-state index in [1.807, 2.05) is 0 Å². The smallest absolute Gasteiger partial charge is 0.197 e. The minimum absolute atomic E-state index is 0. The van der Waals surface area contributed by atoms with E-state index in [0.29, 0.717) is 5.95 Å². The van der Waals surface area contributed by atoms with Gasteiger partial charge in [-0.2, -0.15) is 0 Å². The van der Waals surface area contributed by atoms with E-state index in [1.54, 1.807) is 6.20 Å². The Morgan fingerprint density at radius 2 is 1.71 bits per heavy atom. The maximum absolute atomic E-state index is 5.55. The second kappa shape index (κ2) is 4.80. The molecule has 0 aliphatic carbocycles. The fourth-order valence-corrected chi connectivity index (χ4v) is 1.63. The first kappa shape index (κ1) is 13.6. The van der Waals surface area contributed by atoms with E-state index < -0.39 is 0 Å². The van der Waals surface area contributed by atoms with Crippen molar-refractivity contribution in [3.8, 4) is 11.3 Å². The molecule has 1 aromatic carbocycles. The quantitative estimate of drug-likeness (QED) is 0.816. The average Bonchev–Trinajstić information content (AvgIpc) is 2.64. The zero-order valence-corrected chi connectivity index (χ0v) is 11.1. The lowest BCUT2D eigenvalue weighted by molar-refractivity contribution is 0.590. The molecule has 1 heterocycles. The fraction of sp³-hybridized carbons (Fsp3) is 0.308. The SMILES string of the molecule is CC(C)(C)c1ccc(-c2cnc(N)[nH]2)cc1.Cl. The van der Waals surface area contributed by atoms with Gasteiger partial charge in [-0.1, -0.05) is 45.0 Å². The van der Waals surface area contributed by atoms with Crippen molar-refractivity contribution in [1.82, 2.24) is 9.97 Å². The van der Waals surface area contributed by atoms with Crippen LogP contribution in [0.25, 0.3) is 11.3 Å². The van der Waals surface area contributed by atoms with Gasteiger partial charge < -0.3 is 10.7 Å². The first-order chi connectivity index (χ1) is 7.47. The number of hydrogen-bond donors (Lipinski definition) is 2. The van der Waals surface area contributed by atoms with Crippen molar-refractivity contribution >= 4 is 18.4 Å². The molecule has 0 saturated heterocycles. The number of aromatic nitrogens is 2. The summed E-state index contributed by atoms with van der Waals surface area (Å²) >= 11 is 0. The van der Waals surface area contributed by atoms with Crippen molar-refractivity contribution in [2.45, 2.75) is 26.2 Å². The standard InChI is InChI=1S/C13H17N3.ClH/c1-13(2,3)10-6-4-9(5-7-10)11-8-15-12(14)16-11;/h4-8H,1-3H3,(H3,14,15,16);1H. The van der Waals surface area contributed by atoms with Gasteiger partial charge in [0.25, 0.3) is 0 Å². The lowest BCUT2D eigenvalue weighted by Crippen LogP contribution is -2.10. The van der Waals surface area contributed by atoms with Crippen LogP contribution in [0.1, 0.15) is 26.3 Å². The highest BCUT2D eigenvalue weighted by molar-refractivity contribution is 5.85. The van der Waals surface area contributed by atoms with Crippen LogP contribution in [-0.4, -0.2) is 9.97 Å².